The molecule has 2 heterocycles. The van der Waals surface area contributed by atoms with Crippen LogP contribution < -0.4 is 0 Å². The van der Waals surface area contributed by atoms with Gasteiger partial charge in [0.2, 0.25) is 0 Å². The molecule has 2 rings (SSSR count). The van der Waals surface area contributed by atoms with Gasteiger partial charge >= 0.3 is 0 Å². The summed E-state index contributed by atoms with van der Waals surface area (Å²) in [6, 6.07) is 0. The molecule has 2 aliphatic rings. The molecule has 12 heavy (non-hydrogen) atoms. The highest BCUT2D eigenvalue weighted by atomic mass is 127. The summed E-state index contributed by atoms with van der Waals surface area (Å²) in [5.41, 5.74) is 0. The molecule has 0 bridgehead atoms. The molecule has 1 atom stereocenters. The van der Waals surface area contributed by atoms with Crippen LogP contribution in [0.2, 0.25) is 0 Å². The fraction of sp³-hybridized carbons (Fsp3) is 1.00. The lowest BCUT2D eigenvalue weighted by atomic mass is 10.4. The summed E-state index contributed by atoms with van der Waals surface area (Å²) in [7, 11) is -0.649. The van der Waals surface area contributed by atoms with Crippen LogP contribution in [0.4, 0.5) is 0 Å². The van der Waals surface area contributed by atoms with Crippen LogP contribution in [-0.2, 0) is 20.3 Å². The van der Waals surface area contributed by atoms with E-state index >= 15 is 0 Å². The Labute approximate surface area is 88.8 Å². The first-order chi connectivity index (χ1) is 5.70. The van der Waals surface area contributed by atoms with E-state index in [1.54, 1.807) is 6.26 Å². The van der Waals surface area contributed by atoms with E-state index in [1.807, 2.05) is 0 Å². The average molecular weight is 304 g/mol. The van der Waals surface area contributed by atoms with Crippen LogP contribution in [0.5, 0.6) is 0 Å². The van der Waals surface area contributed by atoms with E-state index < -0.39 is 10.8 Å². The van der Waals surface area contributed by atoms with E-state index in [0.29, 0.717) is 18.5 Å². The molecular weight excluding hydrogens is 291 g/mol. The van der Waals surface area contributed by atoms with Crippen molar-refractivity contribution in [3.8, 4) is 0 Å². The Balaban J connectivity index is 0.000000127. The summed E-state index contributed by atoms with van der Waals surface area (Å²) in [6.45, 7) is 3.34. The molecule has 3 nitrogen and oxygen atoms in total. The lowest BCUT2D eigenvalue weighted by Gasteiger charge is -2.22. The molecule has 5 heteroatoms. The van der Waals surface area contributed by atoms with Crippen molar-refractivity contribution in [3.63, 3.8) is 0 Å². The quantitative estimate of drug-likeness (QED) is 0.525. The zero-order valence-corrected chi connectivity index (χ0v) is 9.97. The largest absolute Gasteiger partial charge is 0.379 e. The van der Waals surface area contributed by atoms with Crippen molar-refractivity contribution in [2.75, 3.05) is 32.7 Å². The molecule has 0 radical (unpaired) electrons. The Bertz CT molecular complexity index is 157. The van der Waals surface area contributed by atoms with Crippen molar-refractivity contribution in [1.29, 1.82) is 0 Å². The molecule has 2 fully saturated rings. The molecule has 1 unspecified atom stereocenters. The Morgan fingerprint density at radius 3 is 1.67 bits per heavy atom. The second-order valence-electron chi connectivity index (χ2n) is 2.79. The smallest absolute Gasteiger partial charge is 0.0812 e. The third-order valence-electron chi connectivity index (χ3n) is 1.67. The highest BCUT2D eigenvalue weighted by molar-refractivity contribution is 14.1. The summed E-state index contributed by atoms with van der Waals surface area (Å²) in [4.78, 5) is 0. The number of alkyl halides is 1. The topological polar surface area (TPSA) is 35.5 Å². The minimum Gasteiger partial charge on any atom is -0.379 e. The van der Waals surface area contributed by atoms with E-state index in [-0.39, 0.29) is 0 Å². The molecule has 0 aromatic carbocycles. The maximum atomic E-state index is 10.5. The minimum absolute atomic E-state index is 0.333. The standard InChI is InChI=1S/C4H8O2S.C3H5IO/c1-7(5)4-2-6-3-4;4-3-1-5-2-3/h4H,2-3H2,1H3;3H,1-2H2. The first kappa shape index (κ1) is 10.9. The van der Waals surface area contributed by atoms with Crippen LogP contribution in [0, 0.1) is 0 Å². The second kappa shape index (κ2) is 5.51. The van der Waals surface area contributed by atoms with E-state index in [0.717, 1.165) is 17.1 Å². The number of ether oxygens (including phenoxy) is 2. The van der Waals surface area contributed by atoms with Gasteiger partial charge in [-0.05, 0) is 0 Å². The Kier molecular flexibility index (Phi) is 5.00. The summed E-state index contributed by atoms with van der Waals surface area (Å²) in [5, 5.41) is 0.333. The Morgan fingerprint density at radius 2 is 1.67 bits per heavy atom. The van der Waals surface area contributed by atoms with Gasteiger partial charge in [-0.25, -0.2) is 0 Å². The van der Waals surface area contributed by atoms with Crippen LogP contribution >= 0.6 is 22.6 Å². The zero-order valence-electron chi connectivity index (χ0n) is 6.99. The van der Waals surface area contributed by atoms with E-state index in [4.69, 9.17) is 9.47 Å². The van der Waals surface area contributed by atoms with Gasteiger partial charge in [-0.1, -0.05) is 22.6 Å². The highest BCUT2D eigenvalue weighted by Crippen LogP contribution is 2.09. The van der Waals surface area contributed by atoms with Crippen LogP contribution in [0.25, 0.3) is 0 Å². The van der Waals surface area contributed by atoms with Crippen LogP contribution in [0.1, 0.15) is 0 Å². The second-order valence-corrected chi connectivity index (χ2v) is 6.22. The third-order valence-corrected chi connectivity index (χ3v) is 3.60. The molecule has 2 saturated heterocycles. The number of hydrogen-bond donors (Lipinski definition) is 0. The predicted molar refractivity (Wildman–Crippen MR) is 57.3 cm³/mol. The average Bonchev–Trinajstić information content (AvgIpc) is 1.79. The lowest BCUT2D eigenvalue weighted by molar-refractivity contribution is 0.0437. The number of rotatable bonds is 1. The molecular formula is C7H13IO3S. The molecule has 0 aliphatic carbocycles. The number of hydrogen-bond acceptors (Lipinski definition) is 3. The van der Waals surface area contributed by atoms with Crippen LogP contribution in [0.15, 0.2) is 0 Å². The first-order valence-corrected chi connectivity index (χ1v) is 6.68. The number of halogens is 1. The van der Waals surface area contributed by atoms with Crippen LogP contribution in [0.3, 0.4) is 0 Å². The van der Waals surface area contributed by atoms with Gasteiger partial charge in [0, 0.05) is 17.1 Å². The van der Waals surface area contributed by atoms with E-state index in [9.17, 15) is 4.21 Å². The summed E-state index contributed by atoms with van der Waals surface area (Å²) in [6.07, 6.45) is 1.72. The van der Waals surface area contributed by atoms with Gasteiger partial charge in [0.05, 0.1) is 35.6 Å². The van der Waals surface area contributed by atoms with Gasteiger partial charge in [0.1, 0.15) is 0 Å². The van der Waals surface area contributed by atoms with Gasteiger partial charge in [0.15, 0.2) is 0 Å². The minimum atomic E-state index is -0.649. The normalized spacial score (nSPS) is 26.2. The maximum absolute atomic E-state index is 10.5. The fourth-order valence-corrected chi connectivity index (χ4v) is 1.70. The summed E-state index contributed by atoms with van der Waals surface area (Å²) >= 11 is 2.37. The summed E-state index contributed by atoms with van der Waals surface area (Å²) in [5.74, 6) is 0. The highest BCUT2D eigenvalue weighted by Gasteiger charge is 2.21. The van der Waals surface area contributed by atoms with E-state index in [1.165, 1.54) is 0 Å². The Hall–Kier alpha value is 0.800. The van der Waals surface area contributed by atoms with Gasteiger partial charge in [0.25, 0.3) is 0 Å². The predicted octanol–water partition coefficient (Wildman–Crippen LogP) is 0.584. The lowest BCUT2D eigenvalue weighted by Crippen LogP contribution is -2.36. The van der Waals surface area contributed by atoms with Crippen molar-refractivity contribution >= 4 is 33.4 Å². The molecule has 0 aromatic heterocycles. The van der Waals surface area contributed by atoms with Crippen molar-refractivity contribution in [1.82, 2.24) is 0 Å². The van der Waals surface area contributed by atoms with Gasteiger partial charge in [-0.15, -0.1) is 0 Å². The third kappa shape index (κ3) is 3.68. The van der Waals surface area contributed by atoms with Crippen molar-refractivity contribution in [2.24, 2.45) is 0 Å². The van der Waals surface area contributed by atoms with Gasteiger partial charge < -0.3 is 9.47 Å². The zero-order chi connectivity index (χ0) is 8.97. The monoisotopic (exact) mass is 304 g/mol. The van der Waals surface area contributed by atoms with Gasteiger partial charge in [-0.3, -0.25) is 4.21 Å². The molecule has 0 spiro atoms. The molecule has 72 valence electrons. The summed E-state index contributed by atoms with van der Waals surface area (Å²) < 4.78 is 20.9. The van der Waals surface area contributed by atoms with Crippen molar-refractivity contribution < 1.29 is 13.7 Å². The van der Waals surface area contributed by atoms with Gasteiger partial charge in [-0.2, -0.15) is 0 Å². The molecule has 0 aromatic rings. The molecule has 0 N–H and O–H groups in total. The van der Waals surface area contributed by atoms with E-state index in [2.05, 4.69) is 22.6 Å². The Morgan fingerprint density at radius 1 is 1.25 bits per heavy atom. The van der Waals surface area contributed by atoms with Crippen molar-refractivity contribution in [2.45, 2.75) is 9.17 Å². The maximum Gasteiger partial charge on any atom is 0.0812 e. The van der Waals surface area contributed by atoms with Crippen molar-refractivity contribution in [3.05, 3.63) is 0 Å². The SMILES string of the molecule is CS(=O)C1COC1.IC1COC1. The molecule has 0 amide bonds. The molecule has 2 aliphatic heterocycles. The first-order valence-electron chi connectivity index (χ1n) is 3.82. The fourth-order valence-electron chi connectivity index (χ4n) is 0.613. The molecule has 0 saturated carbocycles. The van der Waals surface area contributed by atoms with Crippen LogP contribution in [-0.4, -0.2) is 46.1 Å².